The summed E-state index contributed by atoms with van der Waals surface area (Å²) in [5.74, 6) is -0.129. The Morgan fingerprint density at radius 3 is 2.44 bits per heavy atom. The number of hydrogen-bond acceptors (Lipinski definition) is 5. The molecular weight excluding hydrogens is 404 g/mol. The largest absolute Gasteiger partial charge is 0.550 e. The van der Waals surface area contributed by atoms with Crippen molar-refractivity contribution in [1.29, 1.82) is 0 Å². The first-order valence-corrected chi connectivity index (χ1v) is 12.4. The topological polar surface area (TPSA) is 89.8 Å². The third-order valence-corrected chi connectivity index (χ3v) is 6.34. The Bertz CT molecular complexity index is 659. The lowest BCUT2D eigenvalue weighted by Gasteiger charge is -2.36. The summed E-state index contributed by atoms with van der Waals surface area (Å²) in [5.41, 5.74) is -1.16. The highest BCUT2D eigenvalue weighted by Crippen LogP contribution is 2.35. The molecule has 180 valence electrons. The Labute approximate surface area is 193 Å². The molecule has 0 radical (unpaired) electrons. The summed E-state index contributed by atoms with van der Waals surface area (Å²) in [6.07, 6.45) is 15.8. The second-order valence-corrected chi connectivity index (χ2v) is 9.36. The van der Waals surface area contributed by atoms with Crippen molar-refractivity contribution in [3.63, 3.8) is 0 Å². The molecule has 3 unspecified atom stereocenters. The van der Waals surface area contributed by atoms with Crippen molar-refractivity contribution < 1.29 is 24.9 Å². The van der Waals surface area contributed by atoms with Crippen LogP contribution in [-0.4, -0.2) is 34.5 Å². The number of hydrogen-bond donors (Lipinski definition) is 2. The molecule has 0 saturated heterocycles. The van der Waals surface area contributed by atoms with Crippen molar-refractivity contribution in [2.75, 3.05) is 6.61 Å². The van der Waals surface area contributed by atoms with Gasteiger partial charge in [0.1, 0.15) is 5.75 Å². The zero-order valence-corrected chi connectivity index (χ0v) is 19.4. The first-order chi connectivity index (χ1) is 15.5. The second-order valence-electron chi connectivity index (χ2n) is 9.36. The first kappa shape index (κ1) is 26.4. The molecule has 32 heavy (non-hydrogen) atoms. The molecule has 5 nitrogen and oxygen atoms in total. The van der Waals surface area contributed by atoms with E-state index < -0.39 is 17.7 Å². The number of carboxylic acid groups (broad SMARTS) is 1. The van der Waals surface area contributed by atoms with Gasteiger partial charge in [0.25, 0.3) is 0 Å². The number of ether oxygens (including phenoxy) is 1. The van der Waals surface area contributed by atoms with Crippen molar-refractivity contribution in [2.24, 2.45) is 5.92 Å². The smallest absolute Gasteiger partial charge is 0.119 e. The van der Waals surface area contributed by atoms with Gasteiger partial charge in [-0.2, -0.15) is 0 Å². The molecule has 5 heteroatoms. The van der Waals surface area contributed by atoms with Crippen molar-refractivity contribution in [1.82, 2.24) is 0 Å². The predicted octanol–water partition coefficient (Wildman–Crippen LogP) is 4.55. The van der Waals surface area contributed by atoms with Crippen LogP contribution in [0.3, 0.4) is 0 Å². The molecule has 0 bridgehead atoms. The van der Waals surface area contributed by atoms with Crippen molar-refractivity contribution in [2.45, 2.75) is 102 Å². The summed E-state index contributed by atoms with van der Waals surface area (Å²) in [6, 6.07) is 9.95. The zero-order valence-electron chi connectivity index (χ0n) is 19.4. The Balaban J connectivity index is 1.43. The number of para-hydroxylation sites is 1. The molecule has 2 N–H and O–H groups in total. The Hall–Kier alpha value is -1.85. The average Bonchev–Trinajstić information content (AvgIpc) is 2.76. The average molecular weight is 446 g/mol. The van der Waals surface area contributed by atoms with E-state index in [2.05, 4.69) is 0 Å². The lowest BCUT2D eigenvalue weighted by molar-refractivity contribution is -0.309. The summed E-state index contributed by atoms with van der Waals surface area (Å²) in [4.78, 5) is 10.8. The van der Waals surface area contributed by atoms with Crippen LogP contribution in [-0.2, 0) is 4.79 Å². The number of carboxylic acids is 1. The number of rotatable bonds is 16. The zero-order chi connectivity index (χ0) is 23.1. The van der Waals surface area contributed by atoms with Gasteiger partial charge in [0.2, 0.25) is 0 Å². The monoisotopic (exact) mass is 445 g/mol. The van der Waals surface area contributed by atoms with Crippen LogP contribution in [0.15, 0.2) is 42.5 Å². The quantitative estimate of drug-likeness (QED) is 0.288. The molecule has 1 saturated carbocycles. The Morgan fingerprint density at radius 2 is 1.75 bits per heavy atom. The van der Waals surface area contributed by atoms with Crippen molar-refractivity contribution in [3.05, 3.63) is 42.5 Å². The fraction of sp³-hybridized carbons (Fsp3) is 0.667. The normalized spacial score (nSPS) is 22.1. The molecule has 3 atom stereocenters. The number of carbonyl (C=O) groups is 1. The summed E-state index contributed by atoms with van der Waals surface area (Å²) >= 11 is 0. The fourth-order valence-electron chi connectivity index (χ4n) is 4.58. The number of benzene rings is 1. The van der Waals surface area contributed by atoms with Crippen LogP contribution in [0.25, 0.3) is 0 Å². The van der Waals surface area contributed by atoms with E-state index in [4.69, 9.17) is 4.74 Å². The minimum absolute atomic E-state index is 0.126. The van der Waals surface area contributed by atoms with E-state index in [1.807, 2.05) is 42.5 Å². The van der Waals surface area contributed by atoms with Gasteiger partial charge in [-0.1, -0.05) is 75.3 Å². The summed E-state index contributed by atoms with van der Waals surface area (Å²) < 4.78 is 5.70. The molecule has 2 rings (SSSR count). The minimum Gasteiger partial charge on any atom is -0.550 e. The number of aliphatic hydroxyl groups is 2. The van der Waals surface area contributed by atoms with Crippen molar-refractivity contribution in [3.8, 4) is 5.75 Å². The van der Waals surface area contributed by atoms with E-state index in [0.29, 0.717) is 12.8 Å². The Kier molecular flexibility index (Phi) is 12.4. The standard InChI is InChI=1S/C27H42O5/c28-24(18-17-23-13-12-19-27(31,21-23)22-26(29)30)14-8-5-3-1-2-4-6-11-20-32-25-15-9-7-10-16-25/h7,9-10,15-18,23-24,28,31H,1-6,8,11-14,19-22H2,(H,29,30)/p-1/b18-17+. The van der Waals surface area contributed by atoms with Gasteiger partial charge in [-0.3, -0.25) is 0 Å². The maximum absolute atomic E-state index is 10.8. The van der Waals surface area contributed by atoms with Gasteiger partial charge in [-0.05, 0) is 56.6 Å². The van der Waals surface area contributed by atoms with Gasteiger partial charge in [-0.25, -0.2) is 0 Å². The van der Waals surface area contributed by atoms with E-state index in [0.717, 1.165) is 50.9 Å². The number of aliphatic hydroxyl groups excluding tert-OH is 1. The van der Waals surface area contributed by atoms with Gasteiger partial charge in [-0.15, -0.1) is 0 Å². The summed E-state index contributed by atoms with van der Waals surface area (Å²) in [6.45, 7) is 0.784. The van der Waals surface area contributed by atoms with Gasteiger partial charge >= 0.3 is 0 Å². The maximum atomic E-state index is 10.8. The molecule has 0 heterocycles. The highest BCUT2D eigenvalue weighted by Gasteiger charge is 2.33. The number of carbonyl (C=O) groups excluding carboxylic acids is 1. The number of allylic oxidation sites excluding steroid dienone is 1. The van der Waals surface area contributed by atoms with E-state index in [1.165, 1.54) is 32.1 Å². The van der Waals surface area contributed by atoms with Gasteiger partial charge in [0.15, 0.2) is 0 Å². The van der Waals surface area contributed by atoms with Crippen molar-refractivity contribution >= 4 is 5.97 Å². The highest BCUT2D eigenvalue weighted by atomic mass is 16.5. The Morgan fingerprint density at radius 1 is 1.09 bits per heavy atom. The van der Waals surface area contributed by atoms with Gasteiger partial charge < -0.3 is 24.9 Å². The molecule has 1 aromatic rings. The SMILES string of the molecule is O=C([O-])CC1(O)CCCC(/C=C/C(O)CCCCCCCCCCOc2ccccc2)C1. The molecule has 0 amide bonds. The number of aliphatic carboxylic acids is 1. The minimum atomic E-state index is -1.20. The molecular formula is C27H41O5-. The van der Waals surface area contributed by atoms with Gasteiger partial charge in [0, 0.05) is 12.4 Å². The van der Waals surface area contributed by atoms with Crippen LogP contribution in [0.2, 0.25) is 0 Å². The highest BCUT2D eigenvalue weighted by molar-refractivity contribution is 5.65. The fourth-order valence-corrected chi connectivity index (χ4v) is 4.58. The molecule has 1 aromatic carbocycles. The van der Waals surface area contributed by atoms with Gasteiger partial charge in [0.05, 0.1) is 18.3 Å². The third-order valence-electron chi connectivity index (χ3n) is 6.34. The molecule has 0 spiro atoms. The molecule has 1 aliphatic rings. The molecule has 0 aromatic heterocycles. The predicted molar refractivity (Wildman–Crippen MR) is 125 cm³/mol. The maximum Gasteiger partial charge on any atom is 0.119 e. The second kappa shape index (κ2) is 15.1. The van der Waals surface area contributed by atoms with Crippen LogP contribution in [0.1, 0.15) is 89.9 Å². The van der Waals surface area contributed by atoms with Crippen LogP contribution < -0.4 is 9.84 Å². The van der Waals surface area contributed by atoms with Crippen LogP contribution in [0.5, 0.6) is 5.75 Å². The molecule has 1 fully saturated rings. The van der Waals surface area contributed by atoms with E-state index in [9.17, 15) is 20.1 Å². The third kappa shape index (κ3) is 11.7. The molecule has 1 aliphatic carbocycles. The lowest BCUT2D eigenvalue weighted by atomic mass is 9.76. The van der Waals surface area contributed by atoms with E-state index >= 15 is 0 Å². The lowest BCUT2D eigenvalue weighted by Crippen LogP contribution is -2.41. The summed E-state index contributed by atoms with van der Waals surface area (Å²) in [7, 11) is 0. The van der Waals surface area contributed by atoms with Crippen LogP contribution >= 0.6 is 0 Å². The summed E-state index contributed by atoms with van der Waals surface area (Å²) in [5, 5.41) is 31.4. The van der Waals surface area contributed by atoms with Crippen LogP contribution in [0.4, 0.5) is 0 Å². The number of unbranched alkanes of at least 4 members (excludes halogenated alkanes) is 7. The first-order valence-electron chi connectivity index (χ1n) is 12.4. The van der Waals surface area contributed by atoms with E-state index in [-0.39, 0.29) is 12.3 Å². The van der Waals surface area contributed by atoms with Crippen LogP contribution in [0, 0.1) is 5.92 Å². The molecule has 0 aliphatic heterocycles. The van der Waals surface area contributed by atoms with E-state index in [1.54, 1.807) is 0 Å².